The van der Waals surface area contributed by atoms with Crippen LogP contribution < -0.4 is 5.32 Å². The number of carbonyl (C=O) groups excluding carboxylic acids is 2. The molecule has 1 aliphatic rings. The van der Waals surface area contributed by atoms with Crippen LogP contribution in [0.5, 0.6) is 0 Å². The van der Waals surface area contributed by atoms with Gasteiger partial charge in [0.25, 0.3) is 0 Å². The number of hydrogen-bond donors (Lipinski definition) is 1. The van der Waals surface area contributed by atoms with Crippen molar-refractivity contribution in [1.82, 2.24) is 0 Å². The lowest BCUT2D eigenvalue weighted by atomic mass is 9.95. The van der Waals surface area contributed by atoms with Crippen molar-refractivity contribution in [2.24, 2.45) is 0 Å². The summed E-state index contributed by atoms with van der Waals surface area (Å²) in [4.78, 5) is 24.6. The average Bonchev–Trinajstić information content (AvgIpc) is 2.73. The first-order valence-electron chi connectivity index (χ1n) is 6.60. The van der Waals surface area contributed by atoms with E-state index in [1.165, 1.54) is 0 Å². The Bertz CT molecular complexity index is 723. The molecule has 102 valence electrons. The maximum absolute atomic E-state index is 12.5. The molecule has 0 radical (unpaired) electrons. The highest BCUT2D eigenvalue weighted by Crippen LogP contribution is 2.38. The summed E-state index contributed by atoms with van der Waals surface area (Å²) in [5.41, 5.74) is -0.0782. The molecule has 0 spiro atoms. The van der Waals surface area contributed by atoms with Gasteiger partial charge >= 0.3 is 5.97 Å². The van der Waals surface area contributed by atoms with Gasteiger partial charge in [0.2, 0.25) is 5.78 Å². The summed E-state index contributed by atoms with van der Waals surface area (Å²) in [6, 6.07) is 11.4. The largest absolute Gasteiger partial charge is 0.464 e. The van der Waals surface area contributed by atoms with Crippen LogP contribution in [0, 0.1) is 0 Å². The molecule has 1 atom stereocenters. The number of anilines is 1. The Hall–Kier alpha value is -2.36. The van der Waals surface area contributed by atoms with Gasteiger partial charge < -0.3 is 10.1 Å². The molecule has 2 aromatic rings. The molecule has 4 nitrogen and oxygen atoms in total. The van der Waals surface area contributed by atoms with Gasteiger partial charge in [-0.3, -0.25) is 4.79 Å². The van der Waals surface area contributed by atoms with Gasteiger partial charge in [-0.2, -0.15) is 0 Å². The van der Waals surface area contributed by atoms with Gasteiger partial charge in [0, 0.05) is 10.9 Å². The third-order valence-corrected chi connectivity index (χ3v) is 3.69. The Balaban J connectivity index is 2.15. The quantitative estimate of drug-likeness (QED) is 0.673. The van der Waals surface area contributed by atoms with E-state index < -0.39 is 11.5 Å². The third-order valence-electron chi connectivity index (χ3n) is 3.69. The summed E-state index contributed by atoms with van der Waals surface area (Å²) in [6.07, 6.45) is 0. The van der Waals surface area contributed by atoms with E-state index in [2.05, 4.69) is 5.32 Å². The first kappa shape index (κ1) is 12.7. The molecule has 0 bridgehead atoms. The molecule has 4 heteroatoms. The fourth-order valence-electron chi connectivity index (χ4n) is 2.59. The van der Waals surface area contributed by atoms with Crippen molar-refractivity contribution in [2.45, 2.75) is 19.4 Å². The topological polar surface area (TPSA) is 55.4 Å². The van der Waals surface area contributed by atoms with Gasteiger partial charge in [-0.1, -0.05) is 30.3 Å². The Morgan fingerprint density at radius 3 is 2.75 bits per heavy atom. The van der Waals surface area contributed by atoms with Crippen LogP contribution in [0.4, 0.5) is 5.69 Å². The summed E-state index contributed by atoms with van der Waals surface area (Å²) in [7, 11) is 0. The minimum absolute atomic E-state index is 0.239. The second kappa shape index (κ2) is 4.34. The van der Waals surface area contributed by atoms with Gasteiger partial charge in [0.1, 0.15) is 0 Å². The van der Waals surface area contributed by atoms with Crippen molar-refractivity contribution >= 4 is 28.2 Å². The van der Waals surface area contributed by atoms with E-state index in [4.69, 9.17) is 4.74 Å². The van der Waals surface area contributed by atoms with E-state index in [0.29, 0.717) is 11.3 Å². The zero-order chi connectivity index (χ0) is 14.3. The van der Waals surface area contributed by atoms with Crippen LogP contribution in [0.1, 0.15) is 24.2 Å². The fraction of sp³-hybridized carbons (Fsp3) is 0.250. The second-order valence-corrected chi connectivity index (χ2v) is 5.01. The molecule has 0 fully saturated rings. The second-order valence-electron chi connectivity index (χ2n) is 5.01. The van der Waals surface area contributed by atoms with Crippen molar-refractivity contribution in [3.8, 4) is 0 Å². The number of benzene rings is 2. The number of hydrogen-bond acceptors (Lipinski definition) is 4. The lowest BCUT2D eigenvalue weighted by Crippen LogP contribution is -2.47. The van der Waals surface area contributed by atoms with E-state index in [9.17, 15) is 9.59 Å². The fourth-order valence-corrected chi connectivity index (χ4v) is 2.59. The maximum atomic E-state index is 12.5. The van der Waals surface area contributed by atoms with Gasteiger partial charge in [-0.05, 0) is 25.3 Å². The minimum Gasteiger partial charge on any atom is -0.464 e. The number of ketones is 1. The molecule has 0 amide bonds. The molecule has 0 aliphatic carbocycles. The van der Waals surface area contributed by atoms with Crippen molar-refractivity contribution in [2.75, 3.05) is 11.9 Å². The van der Waals surface area contributed by atoms with Crippen molar-refractivity contribution in [3.05, 3.63) is 42.0 Å². The number of carbonyl (C=O) groups is 2. The van der Waals surface area contributed by atoms with Gasteiger partial charge in [0.15, 0.2) is 5.54 Å². The van der Waals surface area contributed by atoms with Crippen molar-refractivity contribution in [1.29, 1.82) is 0 Å². The summed E-state index contributed by atoms with van der Waals surface area (Å²) in [6.45, 7) is 3.55. The third kappa shape index (κ3) is 1.61. The molecule has 1 unspecified atom stereocenters. The number of esters is 1. The van der Waals surface area contributed by atoms with Crippen LogP contribution in [-0.4, -0.2) is 23.9 Å². The first-order valence-corrected chi connectivity index (χ1v) is 6.60. The summed E-state index contributed by atoms with van der Waals surface area (Å²) < 4.78 is 5.02. The van der Waals surface area contributed by atoms with E-state index in [1.54, 1.807) is 19.9 Å². The highest BCUT2D eigenvalue weighted by atomic mass is 16.5. The predicted octanol–water partition coefficient (Wildman–Crippen LogP) is 2.77. The Labute approximate surface area is 116 Å². The zero-order valence-electron chi connectivity index (χ0n) is 11.4. The number of nitrogens with one attached hydrogen (secondary N) is 1. The molecule has 1 heterocycles. The van der Waals surface area contributed by atoms with Crippen LogP contribution in [0.3, 0.4) is 0 Å². The molecule has 0 aromatic heterocycles. The SMILES string of the molecule is CCOC(=O)C1(C)Nc2c(ccc3ccccc23)C1=O. The highest BCUT2D eigenvalue weighted by molar-refractivity contribution is 6.27. The smallest absolute Gasteiger partial charge is 0.339 e. The van der Waals surface area contributed by atoms with Crippen molar-refractivity contribution in [3.63, 3.8) is 0 Å². The average molecular weight is 269 g/mol. The lowest BCUT2D eigenvalue weighted by molar-refractivity contribution is -0.146. The Kier molecular flexibility index (Phi) is 2.74. The molecule has 0 saturated carbocycles. The van der Waals surface area contributed by atoms with E-state index in [-0.39, 0.29) is 12.4 Å². The summed E-state index contributed by atoms with van der Waals surface area (Å²) >= 11 is 0. The summed E-state index contributed by atoms with van der Waals surface area (Å²) in [5, 5.41) is 5.03. The van der Waals surface area contributed by atoms with Crippen LogP contribution in [0.15, 0.2) is 36.4 Å². The Morgan fingerprint density at radius 1 is 1.25 bits per heavy atom. The van der Waals surface area contributed by atoms with Crippen LogP contribution in [0.2, 0.25) is 0 Å². The number of fused-ring (bicyclic) bond motifs is 3. The monoisotopic (exact) mass is 269 g/mol. The molecule has 3 rings (SSSR count). The van der Waals surface area contributed by atoms with Crippen LogP contribution in [0.25, 0.3) is 10.8 Å². The molecule has 1 aliphatic heterocycles. The molecular formula is C16H15NO3. The lowest BCUT2D eigenvalue weighted by Gasteiger charge is -2.20. The first-order chi connectivity index (χ1) is 9.58. The van der Waals surface area contributed by atoms with E-state index in [1.807, 2.05) is 30.3 Å². The van der Waals surface area contributed by atoms with E-state index in [0.717, 1.165) is 10.8 Å². The standard InChI is InChI=1S/C16H15NO3/c1-3-20-15(19)16(2)14(18)12-9-8-10-6-4-5-7-11(10)13(12)17-16/h4-9,17H,3H2,1-2H3. The van der Waals surface area contributed by atoms with Crippen molar-refractivity contribution < 1.29 is 14.3 Å². The number of ether oxygens (including phenoxy) is 1. The molecule has 1 N–H and O–H groups in total. The minimum atomic E-state index is -1.33. The van der Waals surface area contributed by atoms with Gasteiger partial charge in [-0.15, -0.1) is 0 Å². The van der Waals surface area contributed by atoms with Gasteiger partial charge in [-0.25, -0.2) is 4.79 Å². The predicted molar refractivity (Wildman–Crippen MR) is 76.9 cm³/mol. The molecular weight excluding hydrogens is 254 g/mol. The highest BCUT2D eigenvalue weighted by Gasteiger charge is 2.49. The maximum Gasteiger partial charge on any atom is 0.339 e. The normalized spacial score (nSPS) is 20.6. The number of rotatable bonds is 2. The zero-order valence-corrected chi connectivity index (χ0v) is 11.4. The van der Waals surface area contributed by atoms with Gasteiger partial charge in [0.05, 0.1) is 12.3 Å². The summed E-state index contributed by atoms with van der Waals surface area (Å²) in [5.74, 6) is -0.776. The molecule has 2 aromatic carbocycles. The molecule has 0 saturated heterocycles. The van der Waals surface area contributed by atoms with Crippen LogP contribution in [-0.2, 0) is 9.53 Å². The van der Waals surface area contributed by atoms with Crippen LogP contribution >= 0.6 is 0 Å². The molecule has 20 heavy (non-hydrogen) atoms. The van der Waals surface area contributed by atoms with E-state index >= 15 is 0 Å². The Morgan fingerprint density at radius 2 is 2.00 bits per heavy atom. The number of Topliss-reactive ketones (excluding diaryl/α,β-unsaturated/α-hetero) is 1.